The highest BCUT2D eigenvalue weighted by atomic mass is 16.5. The third kappa shape index (κ3) is 3.55. The molecule has 5 nitrogen and oxygen atoms in total. The number of morpholine rings is 1. The molecule has 4 rings (SSSR count). The van der Waals surface area contributed by atoms with Crippen LogP contribution in [0.2, 0.25) is 0 Å². The molecule has 3 heterocycles. The largest absolute Gasteiger partial charge is 0.465 e. The molecule has 2 aromatic rings. The maximum absolute atomic E-state index is 13.0. The molecule has 0 saturated carbocycles. The van der Waals surface area contributed by atoms with Crippen molar-refractivity contribution in [1.29, 1.82) is 0 Å². The zero-order chi connectivity index (χ0) is 17.9. The van der Waals surface area contributed by atoms with E-state index in [-0.39, 0.29) is 5.91 Å². The van der Waals surface area contributed by atoms with Crippen molar-refractivity contribution in [2.24, 2.45) is 0 Å². The molecule has 1 saturated heterocycles. The van der Waals surface area contributed by atoms with E-state index < -0.39 is 0 Å². The van der Waals surface area contributed by atoms with Crippen molar-refractivity contribution in [1.82, 2.24) is 9.80 Å². The normalized spacial score (nSPS) is 18.0. The second-order valence-electron chi connectivity index (χ2n) is 7.10. The second-order valence-corrected chi connectivity index (χ2v) is 7.10. The molecule has 0 bridgehead atoms. The minimum atomic E-state index is 0.0979. The summed E-state index contributed by atoms with van der Waals surface area (Å²) in [5.41, 5.74) is 3.23. The summed E-state index contributed by atoms with van der Waals surface area (Å²) in [5.74, 6) is 1.85. The van der Waals surface area contributed by atoms with Crippen LogP contribution in [0, 0.1) is 6.92 Å². The summed E-state index contributed by atoms with van der Waals surface area (Å²) in [6.45, 7) is 7.26. The van der Waals surface area contributed by atoms with Crippen molar-refractivity contribution in [2.75, 3.05) is 39.4 Å². The number of furan rings is 1. The van der Waals surface area contributed by atoms with Gasteiger partial charge < -0.3 is 14.1 Å². The molecular formula is C21H26N2O3. The number of hydrogen-bond donors (Lipinski definition) is 0. The predicted octanol–water partition coefficient (Wildman–Crippen LogP) is 2.66. The summed E-state index contributed by atoms with van der Waals surface area (Å²) in [6, 6.07) is 10.6. The number of fused-ring (bicyclic) bond motifs is 1. The lowest BCUT2D eigenvalue weighted by molar-refractivity contribution is 0.0300. The van der Waals surface area contributed by atoms with Gasteiger partial charge in [-0.3, -0.25) is 9.69 Å². The Balaban J connectivity index is 1.48. The fraction of sp³-hybridized carbons (Fsp3) is 0.476. The van der Waals surface area contributed by atoms with Gasteiger partial charge in [0.25, 0.3) is 5.91 Å². The van der Waals surface area contributed by atoms with E-state index in [9.17, 15) is 4.79 Å². The Bertz CT molecular complexity index is 763. The third-order valence-electron chi connectivity index (χ3n) is 5.38. The lowest BCUT2D eigenvalue weighted by Crippen LogP contribution is -2.41. The van der Waals surface area contributed by atoms with E-state index in [1.165, 1.54) is 5.56 Å². The molecular weight excluding hydrogens is 328 g/mol. The van der Waals surface area contributed by atoms with Crippen molar-refractivity contribution in [3.63, 3.8) is 0 Å². The summed E-state index contributed by atoms with van der Waals surface area (Å²) >= 11 is 0. The van der Waals surface area contributed by atoms with E-state index in [4.69, 9.17) is 9.15 Å². The lowest BCUT2D eigenvalue weighted by atomic mass is 10.0. The molecule has 2 aliphatic rings. The Morgan fingerprint density at radius 3 is 2.65 bits per heavy atom. The minimum Gasteiger partial charge on any atom is -0.465 e. The number of nitrogens with zero attached hydrogens (tertiary/aromatic N) is 2. The molecule has 0 aliphatic carbocycles. The van der Waals surface area contributed by atoms with Crippen LogP contribution in [0.5, 0.6) is 0 Å². The number of hydrogen-bond acceptors (Lipinski definition) is 4. The predicted molar refractivity (Wildman–Crippen MR) is 99.3 cm³/mol. The monoisotopic (exact) mass is 354 g/mol. The van der Waals surface area contributed by atoms with Crippen LogP contribution in [0.1, 0.15) is 33.0 Å². The summed E-state index contributed by atoms with van der Waals surface area (Å²) in [7, 11) is 0. The number of benzene rings is 1. The average Bonchev–Trinajstić information content (AvgIpc) is 3.02. The molecule has 138 valence electrons. The maximum atomic E-state index is 13.0. The first-order valence-electron chi connectivity index (χ1n) is 9.47. The standard InChI is InChI=1S/C21H26N2O3/c1-16-20(21(24)23-11-13-25-14-12-23)18-15-22(10-8-19(18)26-16)9-7-17-5-3-2-4-6-17/h2-6H,7-15H2,1H3. The number of aryl methyl sites for hydroxylation is 1. The van der Waals surface area contributed by atoms with Gasteiger partial charge in [-0.25, -0.2) is 0 Å². The molecule has 26 heavy (non-hydrogen) atoms. The maximum Gasteiger partial charge on any atom is 0.257 e. The molecule has 0 N–H and O–H groups in total. The van der Waals surface area contributed by atoms with Gasteiger partial charge in [-0.1, -0.05) is 30.3 Å². The summed E-state index contributed by atoms with van der Waals surface area (Å²) < 4.78 is 11.3. The zero-order valence-corrected chi connectivity index (χ0v) is 15.4. The fourth-order valence-electron chi connectivity index (χ4n) is 3.91. The summed E-state index contributed by atoms with van der Waals surface area (Å²) in [6.07, 6.45) is 1.90. The smallest absolute Gasteiger partial charge is 0.257 e. The van der Waals surface area contributed by atoms with E-state index in [2.05, 4.69) is 35.2 Å². The highest BCUT2D eigenvalue weighted by Gasteiger charge is 2.31. The highest BCUT2D eigenvalue weighted by molar-refractivity contribution is 5.97. The first-order valence-corrected chi connectivity index (χ1v) is 9.47. The van der Waals surface area contributed by atoms with Gasteiger partial charge in [0.05, 0.1) is 18.8 Å². The van der Waals surface area contributed by atoms with Crippen molar-refractivity contribution in [2.45, 2.75) is 26.3 Å². The van der Waals surface area contributed by atoms with Gasteiger partial charge in [0.1, 0.15) is 11.5 Å². The molecule has 1 amide bonds. The van der Waals surface area contributed by atoms with E-state index >= 15 is 0 Å². The zero-order valence-electron chi connectivity index (χ0n) is 15.4. The van der Waals surface area contributed by atoms with Gasteiger partial charge in [0.15, 0.2) is 0 Å². The molecule has 0 atom stereocenters. The van der Waals surface area contributed by atoms with Crippen molar-refractivity contribution >= 4 is 5.91 Å². The van der Waals surface area contributed by atoms with Gasteiger partial charge in [-0.15, -0.1) is 0 Å². The highest BCUT2D eigenvalue weighted by Crippen LogP contribution is 2.29. The second kappa shape index (κ2) is 7.64. The van der Waals surface area contributed by atoms with Gasteiger partial charge in [-0.05, 0) is 18.9 Å². The van der Waals surface area contributed by atoms with E-state index in [0.717, 1.165) is 55.1 Å². The van der Waals surface area contributed by atoms with Crippen molar-refractivity contribution < 1.29 is 13.9 Å². The molecule has 1 fully saturated rings. The molecule has 0 unspecified atom stereocenters. The molecule has 1 aromatic carbocycles. The van der Waals surface area contributed by atoms with Crippen molar-refractivity contribution in [3.8, 4) is 0 Å². The number of ether oxygens (including phenoxy) is 1. The van der Waals surface area contributed by atoms with Crippen LogP contribution >= 0.6 is 0 Å². The summed E-state index contributed by atoms with van der Waals surface area (Å²) in [5, 5.41) is 0. The topological polar surface area (TPSA) is 45.9 Å². The SMILES string of the molecule is Cc1oc2c(c1C(=O)N1CCOCC1)CN(CCc1ccccc1)CC2. The van der Waals surface area contributed by atoms with E-state index in [1.54, 1.807) is 0 Å². The molecule has 2 aliphatic heterocycles. The van der Waals surface area contributed by atoms with Crippen LogP contribution in [0.4, 0.5) is 0 Å². The number of amides is 1. The first kappa shape index (κ1) is 17.3. The van der Waals surface area contributed by atoms with Crippen LogP contribution in [0.3, 0.4) is 0 Å². The van der Waals surface area contributed by atoms with Crippen LogP contribution in [0.15, 0.2) is 34.7 Å². The Morgan fingerprint density at radius 1 is 1.12 bits per heavy atom. The Hall–Kier alpha value is -2.11. The van der Waals surface area contributed by atoms with Crippen molar-refractivity contribution in [3.05, 3.63) is 58.5 Å². The summed E-state index contributed by atoms with van der Waals surface area (Å²) in [4.78, 5) is 17.4. The number of rotatable bonds is 4. The third-order valence-corrected chi connectivity index (χ3v) is 5.38. The average molecular weight is 354 g/mol. The van der Waals surface area contributed by atoms with Crippen LogP contribution in [-0.2, 0) is 24.1 Å². The van der Waals surface area contributed by atoms with E-state index in [0.29, 0.717) is 26.3 Å². The number of carbonyl (C=O) groups is 1. The fourth-order valence-corrected chi connectivity index (χ4v) is 3.91. The molecule has 0 spiro atoms. The van der Waals surface area contributed by atoms with Crippen LogP contribution < -0.4 is 0 Å². The van der Waals surface area contributed by atoms with E-state index in [1.807, 2.05) is 11.8 Å². The van der Waals surface area contributed by atoms with Crippen LogP contribution in [0.25, 0.3) is 0 Å². The Labute approximate surface area is 154 Å². The number of carbonyl (C=O) groups excluding carboxylic acids is 1. The quantitative estimate of drug-likeness (QED) is 0.847. The Kier molecular flexibility index (Phi) is 5.09. The minimum absolute atomic E-state index is 0.0979. The van der Waals surface area contributed by atoms with Crippen LogP contribution in [-0.4, -0.2) is 55.1 Å². The van der Waals surface area contributed by atoms with Gasteiger partial charge >= 0.3 is 0 Å². The molecule has 1 aromatic heterocycles. The van der Waals surface area contributed by atoms with Gasteiger partial charge in [0, 0.05) is 44.7 Å². The first-order chi connectivity index (χ1) is 12.7. The van der Waals surface area contributed by atoms with Gasteiger partial charge in [-0.2, -0.15) is 0 Å². The van der Waals surface area contributed by atoms with Gasteiger partial charge in [0.2, 0.25) is 0 Å². The Morgan fingerprint density at radius 2 is 1.88 bits per heavy atom. The molecule has 0 radical (unpaired) electrons. The lowest BCUT2D eigenvalue weighted by Gasteiger charge is -2.29. The molecule has 5 heteroatoms.